The van der Waals surface area contributed by atoms with Crippen molar-refractivity contribution >= 4 is 23.1 Å². The number of anilines is 2. The fraction of sp³-hybridized carbons (Fsp3) is 0.250. The lowest BCUT2D eigenvalue weighted by molar-refractivity contribution is 1.13. The van der Waals surface area contributed by atoms with Crippen LogP contribution in [0, 0.1) is 0 Å². The number of aryl methyl sites for hydroxylation is 2. The Morgan fingerprint density at radius 3 is 1.53 bits per heavy atom. The van der Waals surface area contributed by atoms with Crippen molar-refractivity contribution in [3.8, 4) is 0 Å². The van der Waals surface area contributed by atoms with Crippen LogP contribution in [0.1, 0.15) is 11.1 Å². The molecular weight excluding hydrogens is 252 g/mol. The number of nitrogen functional groups attached to an aromatic ring is 2. The molecule has 0 heterocycles. The largest absolute Gasteiger partial charge is 0.399 e. The van der Waals surface area contributed by atoms with Crippen molar-refractivity contribution in [3.05, 3.63) is 59.7 Å². The highest BCUT2D eigenvalue weighted by atomic mass is 32.2. The first-order chi connectivity index (χ1) is 9.27. The third-order valence-corrected chi connectivity index (χ3v) is 4.13. The monoisotopic (exact) mass is 272 g/mol. The Hall–Kier alpha value is -1.61. The summed E-state index contributed by atoms with van der Waals surface area (Å²) in [5.41, 5.74) is 16.1. The molecule has 0 fully saturated rings. The first-order valence-electron chi connectivity index (χ1n) is 6.52. The van der Waals surface area contributed by atoms with Crippen molar-refractivity contribution in [1.82, 2.24) is 0 Å². The van der Waals surface area contributed by atoms with E-state index in [4.69, 9.17) is 11.5 Å². The topological polar surface area (TPSA) is 52.0 Å². The second-order valence-corrected chi connectivity index (χ2v) is 5.73. The van der Waals surface area contributed by atoms with E-state index in [0.29, 0.717) is 0 Å². The first-order valence-corrected chi connectivity index (χ1v) is 7.67. The molecule has 0 aliphatic carbocycles. The van der Waals surface area contributed by atoms with E-state index in [1.807, 2.05) is 48.2 Å². The number of nitrogens with two attached hydrogens (primary N) is 2. The summed E-state index contributed by atoms with van der Waals surface area (Å²) in [5.74, 6) is 2.20. The van der Waals surface area contributed by atoms with Crippen LogP contribution in [0.15, 0.2) is 48.5 Å². The highest BCUT2D eigenvalue weighted by Crippen LogP contribution is 2.16. The zero-order chi connectivity index (χ0) is 13.5. The van der Waals surface area contributed by atoms with E-state index in [-0.39, 0.29) is 0 Å². The fourth-order valence-corrected chi connectivity index (χ4v) is 2.92. The molecule has 0 amide bonds. The molecule has 19 heavy (non-hydrogen) atoms. The summed E-state index contributed by atoms with van der Waals surface area (Å²) in [6.45, 7) is 0. The van der Waals surface area contributed by atoms with Gasteiger partial charge in [-0.3, -0.25) is 0 Å². The van der Waals surface area contributed by atoms with E-state index in [1.54, 1.807) is 0 Å². The molecule has 4 N–H and O–H groups in total. The van der Waals surface area contributed by atoms with Gasteiger partial charge in [0, 0.05) is 11.4 Å². The lowest BCUT2D eigenvalue weighted by Crippen LogP contribution is -1.98. The van der Waals surface area contributed by atoms with Gasteiger partial charge in [-0.2, -0.15) is 11.8 Å². The van der Waals surface area contributed by atoms with Crippen molar-refractivity contribution in [2.24, 2.45) is 0 Å². The molecule has 0 bridgehead atoms. The van der Waals surface area contributed by atoms with E-state index in [0.717, 1.165) is 35.7 Å². The van der Waals surface area contributed by atoms with Crippen molar-refractivity contribution in [2.75, 3.05) is 23.0 Å². The SMILES string of the molecule is Nc1ccccc1CCSCCc1ccccc1N. The number of hydrogen-bond donors (Lipinski definition) is 2. The molecule has 0 saturated heterocycles. The zero-order valence-electron chi connectivity index (χ0n) is 11.0. The van der Waals surface area contributed by atoms with Gasteiger partial charge >= 0.3 is 0 Å². The molecule has 0 radical (unpaired) electrons. The summed E-state index contributed by atoms with van der Waals surface area (Å²) in [4.78, 5) is 0. The maximum absolute atomic E-state index is 5.92. The minimum Gasteiger partial charge on any atom is -0.399 e. The lowest BCUT2D eigenvalue weighted by atomic mass is 10.1. The van der Waals surface area contributed by atoms with Crippen LogP contribution in [0.25, 0.3) is 0 Å². The Bertz CT molecular complexity index is 478. The Morgan fingerprint density at radius 2 is 1.11 bits per heavy atom. The van der Waals surface area contributed by atoms with Crippen LogP contribution in [-0.4, -0.2) is 11.5 Å². The Labute approximate surface area is 119 Å². The minimum atomic E-state index is 0.899. The third-order valence-electron chi connectivity index (χ3n) is 3.14. The fourth-order valence-electron chi connectivity index (χ4n) is 1.99. The van der Waals surface area contributed by atoms with Crippen molar-refractivity contribution in [2.45, 2.75) is 12.8 Å². The highest BCUT2D eigenvalue weighted by Gasteiger charge is 2.00. The zero-order valence-corrected chi connectivity index (χ0v) is 11.8. The van der Waals surface area contributed by atoms with Gasteiger partial charge in [0.2, 0.25) is 0 Å². The van der Waals surface area contributed by atoms with Gasteiger partial charge in [0.15, 0.2) is 0 Å². The van der Waals surface area contributed by atoms with Gasteiger partial charge in [-0.1, -0.05) is 36.4 Å². The standard InChI is InChI=1S/C16H20N2S/c17-15-7-3-1-5-13(15)9-11-19-12-10-14-6-2-4-8-16(14)18/h1-8H,9-12,17-18H2. The maximum atomic E-state index is 5.92. The van der Waals surface area contributed by atoms with Crippen LogP contribution in [0.3, 0.4) is 0 Å². The number of hydrogen-bond acceptors (Lipinski definition) is 3. The third kappa shape index (κ3) is 4.21. The summed E-state index contributed by atoms with van der Waals surface area (Å²) in [7, 11) is 0. The van der Waals surface area contributed by atoms with Crippen molar-refractivity contribution in [1.29, 1.82) is 0 Å². The molecule has 2 aromatic carbocycles. The summed E-state index contributed by atoms with van der Waals surface area (Å²) >= 11 is 1.95. The van der Waals surface area contributed by atoms with Crippen LogP contribution in [0.4, 0.5) is 11.4 Å². The van der Waals surface area contributed by atoms with Gasteiger partial charge in [0.1, 0.15) is 0 Å². The molecule has 0 aromatic heterocycles. The lowest BCUT2D eigenvalue weighted by Gasteiger charge is -2.06. The summed E-state index contributed by atoms with van der Waals surface area (Å²) < 4.78 is 0. The predicted molar refractivity (Wildman–Crippen MR) is 86.4 cm³/mol. The average molecular weight is 272 g/mol. The normalized spacial score (nSPS) is 10.5. The molecule has 3 heteroatoms. The van der Waals surface area contributed by atoms with Gasteiger partial charge in [-0.05, 0) is 47.6 Å². The van der Waals surface area contributed by atoms with Crippen LogP contribution < -0.4 is 11.5 Å². The average Bonchev–Trinajstić information content (AvgIpc) is 2.42. The van der Waals surface area contributed by atoms with Crippen LogP contribution in [0.5, 0.6) is 0 Å². The number of benzene rings is 2. The second kappa shape index (κ2) is 7.10. The van der Waals surface area contributed by atoms with Crippen LogP contribution >= 0.6 is 11.8 Å². The molecule has 2 aromatic rings. The minimum absolute atomic E-state index is 0.899. The molecule has 0 aliphatic rings. The molecule has 0 aliphatic heterocycles. The molecule has 2 rings (SSSR count). The van der Waals surface area contributed by atoms with Gasteiger partial charge in [0.05, 0.1) is 0 Å². The summed E-state index contributed by atoms with van der Waals surface area (Å²) in [6, 6.07) is 16.2. The Balaban J connectivity index is 1.71. The second-order valence-electron chi connectivity index (χ2n) is 4.51. The molecular formula is C16H20N2S. The smallest absolute Gasteiger partial charge is 0.0346 e. The van der Waals surface area contributed by atoms with Crippen LogP contribution in [-0.2, 0) is 12.8 Å². The van der Waals surface area contributed by atoms with Crippen molar-refractivity contribution in [3.63, 3.8) is 0 Å². The molecule has 100 valence electrons. The maximum Gasteiger partial charge on any atom is 0.0346 e. The van der Waals surface area contributed by atoms with E-state index >= 15 is 0 Å². The number of rotatable bonds is 6. The van der Waals surface area contributed by atoms with Crippen molar-refractivity contribution < 1.29 is 0 Å². The van der Waals surface area contributed by atoms with E-state index in [9.17, 15) is 0 Å². The number of para-hydroxylation sites is 2. The molecule has 0 atom stereocenters. The molecule has 0 saturated carbocycles. The number of thioether (sulfide) groups is 1. The van der Waals surface area contributed by atoms with E-state index in [1.165, 1.54) is 11.1 Å². The quantitative estimate of drug-likeness (QED) is 0.626. The van der Waals surface area contributed by atoms with Gasteiger partial charge < -0.3 is 11.5 Å². The first kappa shape index (κ1) is 13.8. The highest BCUT2D eigenvalue weighted by molar-refractivity contribution is 7.99. The van der Waals surface area contributed by atoms with Gasteiger partial charge in [-0.25, -0.2) is 0 Å². The summed E-state index contributed by atoms with van der Waals surface area (Å²) in [5, 5.41) is 0. The predicted octanol–water partition coefficient (Wildman–Crippen LogP) is 3.37. The molecule has 2 nitrogen and oxygen atoms in total. The Kier molecular flexibility index (Phi) is 5.16. The van der Waals surface area contributed by atoms with Crippen LogP contribution in [0.2, 0.25) is 0 Å². The van der Waals surface area contributed by atoms with E-state index < -0.39 is 0 Å². The molecule has 0 unspecified atom stereocenters. The van der Waals surface area contributed by atoms with Gasteiger partial charge in [0.25, 0.3) is 0 Å². The summed E-state index contributed by atoms with van der Waals surface area (Å²) in [6.07, 6.45) is 2.06. The van der Waals surface area contributed by atoms with E-state index in [2.05, 4.69) is 12.1 Å². The Morgan fingerprint density at radius 1 is 0.684 bits per heavy atom. The molecule has 0 spiro atoms. The van der Waals surface area contributed by atoms with Gasteiger partial charge in [-0.15, -0.1) is 0 Å².